The predicted octanol–water partition coefficient (Wildman–Crippen LogP) is 1.66. The lowest BCUT2D eigenvalue weighted by Crippen LogP contribution is -2.00. The molecule has 2 N–H and O–H groups in total. The molecule has 0 aliphatic carbocycles. The minimum Gasteiger partial charge on any atom is -0.326 e. The zero-order chi connectivity index (χ0) is 9.14. The second-order valence-corrected chi connectivity index (χ2v) is 3.40. The van der Waals surface area contributed by atoms with Crippen LogP contribution in [0.1, 0.15) is 5.56 Å². The standard InChI is InChI=1S/C7H7IN2O2/c8-7-2-1-6(10(11)12)3-5(7)4-9/h1-3H,4,9H2. The van der Waals surface area contributed by atoms with Crippen LogP contribution in [-0.2, 0) is 6.54 Å². The van der Waals surface area contributed by atoms with E-state index >= 15 is 0 Å². The van der Waals surface area contributed by atoms with E-state index in [0.717, 1.165) is 9.13 Å². The molecule has 0 aliphatic rings. The Kier molecular flexibility index (Phi) is 2.99. The summed E-state index contributed by atoms with van der Waals surface area (Å²) >= 11 is 2.10. The summed E-state index contributed by atoms with van der Waals surface area (Å²) in [6, 6.07) is 4.67. The number of non-ortho nitro benzene ring substituents is 1. The Morgan fingerprint density at radius 2 is 2.25 bits per heavy atom. The highest BCUT2D eigenvalue weighted by molar-refractivity contribution is 14.1. The Labute approximate surface area is 83.1 Å². The van der Waals surface area contributed by atoms with Crippen LogP contribution in [0.4, 0.5) is 5.69 Å². The molecule has 0 amide bonds. The number of nitro groups is 1. The van der Waals surface area contributed by atoms with Crippen molar-refractivity contribution in [2.45, 2.75) is 6.54 Å². The van der Waals surface area contributed by atoms with E-state index < -0.39 is 4.92 Å². The van der Waals surface area contributed by atoms with Gasteiger partial charge in [0.15, 0.2) is 0 Å². The summed E-state index contributed by atoms with van der Waals surface area (Å²) in [5.74, 6) is 0. The molecule has 0 atom stereocenters. The molecule has 1 rings (SSSR count). The van der Waals surface area contributed by atoms with Crippen LogP contribution < -0.4 is 5.73 Å². The number of rotatable bonds is 2. The molecule has 5 heteroatoms. The van der Waals surface area contributed by atoms with Crippen LogP contribution in [-0.4, -0.2) is 4.92 Å². The lowest BCUT2D eigenvalue weighted by Gasteiger charge is -1.99. The maximum Gasteiger partial charge on any atom is 0.269 e. The Bertz CT molecular complexity index is 314. The predicted molar refractivity (Wildman–Crippen MR) is 53.7 cm³/mol. The first kappa shape index (κ1) is 9.40. The van der Waals surface area contributed by atoms with Crippen molar-refractivity contribution in [1.82, 2.24) is 0 Å². The van der Waals surface area contributed by atoms with Gasteiger partial charge in [-0.3, -0.25) is 10.1 Å². The molecule has 0 aliphatic heterocycles. The number of nitrogens with zero attached hydrogens (tertiary/aromatic N) is 1. The quantitative estimate of drug-likeness (QED) is 0.508. The van der Waals surface area contributed by atoms with Crippen LogP contribution in [0.3, 0.4) is 0 Å². The highest BCUT2D eigenvalue weighted by Gasteiger charge is 2.07. The lowest BCUT2D eigenvalue weighted by atomic mass is 10.2. The molecule has 0 heterocycles. The topological polar surface area (TPSA) is 69.2 Å². The van der Waals surface area contributed by atoms with Gasteiger partial charge in [0.1, 0.15) is 0 Å². The highest BCUT2D eigenvalue weighted by atomic mass is 127. The zero-order valence-corrected chi connectivity index (χ0v) is 8.32. The Morgan fingerprint density at radius 1 is 1.58 bits per heavy atom. The summed E-state index contributed by atoms with van der Waals surface area (Å²) < 4.78 is 0.959. The molecule has 0 aromatic heterocycles. The van der Waals surface area contributed by atoms with Crippen LogP contribution in [0.2, 0.25) is 0 Å². The number of hydrogen-bond donors (Lipinski definition) is 1. The summed E-state index contributed by atoms with van der Waals surface area (Å²) in [5.41, 5.74) is 6.30. The van der Waals surface area contributed by atoms with Crippen molar-refractivity contribution in [3.63, 3.8) is 0 Å². The molecule has 0 fully saturated rings. The summed E-state index contributed by atoms with van der Waals surface area (Å²) in [4.78, 5) is 9.92. The Morgan fingerprint density at radius 3 is 2.75 bits per heavy atom. The van der Waals surface area contributed by atoms with Gasteiger partial charge in [-0.1, -0.05) is 0 Å². The van der Waals surface area contributed by atoms with Gasteiger partial charge in [-0.25, -0.2) is 0 Å². The molecule has 0 saturated carbocycles. The van der Waals surface area contributed by atoms with Gasteiger partial charge < -0.3 is 5.73 Å². The SMILES string of the molecule is NCc1cc([N+](=O)[O-])ccc1I. The first-order valence-electron chi connectivity index (χ1n) is 3.28. The van der Waals surface area contributed by atoms with Gasteiger partial charge in [0.25, 0.3) is 5.69 Å². The molecular formula is C7H7IN2O2. The fourth-order valence-corrected chi connectivity index (χ4v) is 1.39. The first-order chi connectivity index (χ1) is 5.65. The molecule has 0 bridgehead atoms. The molecule has 0 spiro atoms. The molecule has 0 saturated heterocycles. The molecular weight excluding hydrogens is 271 g/mol. The number of hydrogen-bond acceptors (Lipinski definition) is 3. The van der Waals surface area contributed by atoms with Crippen molar-refractivity contribution in [2.75, 3.05) is 0 Å². The molecule has 64 valence electrons. The summed E-state index contributed by atoms with van der Waals surface area (Å²) in [6.07, 6.45) is 0. The van der Waals surface area contributed by atoms with E-state index in [0.29, 0.717) is 6.54 Å². The minimum absolute atomic E-state index is 0.0934. The number of benzene rings is 1. The van der Waals surface area contributed by atoms with E-state index in [2.05, 4.69) is 22.6 Å². The second kappa shape index (κ2) is 3.81. The second-order valence-electron chi connectivity index (χ2n) is 2.24. The van der Waals surface area contributed by atoms with Gasteiger partial charge in [-0.2, -0.15) is 0 Å². The largest absolute Gasteiger partial charge is 0.326 e. The van der Waals surface area contributed by atoms with Gasteiger partial charge in [0, 0.05) is 22.2 Å². The van der Waals surface area contributed by atoms with Gasteiger partial charge in [0.05, 0.1) is 4.92 Å². The summed E-state index contributed by atoms with van der Waals surface area (Å²) in [7, 11) is 0. The van der Waals surface area contributed by atoms with E-state index in [1.54, 1.807) is 6.07 Å². The number of nitrogens with two attached hydrogens (primary N) is 1. The molecule has 1 aromatic rings. The molecule has 12 heavy (non-hydrogen) atoms. The van der Waals surface area contributed by atoms with Crippen molar-refractivity contribution in [3.8, 4) is 0 Å². The normalized spacial score (nSPS) is 9.83. The summed E-state index contributed by atoms with van der Waals surface area (Å²) in [6.45, 7) is 0.333. The molecule has 0 radical (unpaired) electrons. The number of halogens is 1. The zero-order valence-electron chi connectivity index (χ0n) is 6.16. The molecule has 4 nitrogen and oxygen atoms in total. The lowest BCUT2D eigenvalue weighted by molar-refractivity contribution is -0.384. The summed E-state index contributed by atoms with van der Waals surface area (Å²) in [5, 5.41) is 10.3. The average molecular weight is 278 g/mol. The van der Waals surface area contributed by atoms with Crippen molar-refractivity contribution >= 4 is 28.3 Å². The van der Waals surface area contributed by atoms with E-state index in [4.69, 9.17) is 5.73 Å². The minimum atomic E-state index is -0.421. The van der Waals surface area contributed by atoms with Crippen LogP contribution in [0, 0.1) is 13.7 Å². The van der Waals surface area contributed by atoms with Gasteiger partial charge >= 0.3 is 0 Å². The van der Waals surface area contributed by atoms with Crippen molar-refractivity contribution in [2.24, 2.45) is 5.73 Å². The van der Waals surface area contributed by atoms with Crippen molar-refractivity contribution < 1.29 is 4.92 Å². The smallest absolute Gasteiger partial charge is 0.269 e. The van der Waals surface area contributed by atoms with Gasteiger partial charge in [-0.05, 0) is 34.2 Å². The highest BCUT2D eigenvalue weighted by Crippen LogP contribution is 2.18. The van der Waals surface area contributed by atoms with Gasteiger partial charge in [-0.15, -0.1) is 0 Å². The molecule has 1 aromatic carbocycles. The van der Waals surface area contributed by atoms with Crippen LogP contribution in [0.15, 0.2) is 18.2 Å². The van der Waals surface area contributed by atoms with E-state index in [-0.39, 0.29) is 5.69 Å². The van der Waals surface area contributed by atoms with Crippen molar-refractivity contribution in [3.05, 3.63) is 37.4 Å². The Balaban J connectivity index is 3.13. The fraction of sp³-hybridized carbons (Fsp3) is 0.143. The third-order valence-corrected chi connectivity index (χ3v) is 2.51. The van der Waals surface area contributed by atoms with E-state index in [9.17, 15) is 10.1 Å². The fourth-order valence-electron chi connectivity index (χ4n) is 0.831. The number of nitro benzene ring substituents is 1. The maximum atomic E-state index is 10.3. The van der Waals surface area contributed by atoms with Gasteiger partial charge in [0.2, 0.25) is 0 Å². The van der Waals surface area contributed by atoms with Crippen LogP contribution in [0.25, 0.3) is 0 Å². The van der Waals surface area contributed by atoms with E-state index in [1.165, 1.54) is 12.1 Å². The van der Waals surface area contributed by atoms with Crippen molar-refractivity contribution in [1.29, 1.82) is 0 Å². The van der Waals surface area contributed by atoms with E-state index in [1.807, 2.05) is 0 Å². The maximum absolute atomic E-state index is 10.3. The van der Waals surface area contributed by atoms with Crippen LogP contribution in [0.5, 0.6) is 0 Å². The molecule has 0 unspecified atom stereocenters. The first-order valence-corrected chi connectivity index (χ1v) is 4.36. The third-order valence-electron chi connectivity index (χ3n) is 1.46. The van der Waals surface area contributed by atoms with Crippen LogP contribution >= 0.6 is 22.6 Å². The third kappa shape index (κ3) is 1.92. The monoisotopic (exact) mass is 278 g/mol. The average Bonchev–Trinajstić information content (AvgIpc) is 2.05. The Hall–Kier alpha value is -0.690.